The molecule has 24 nitrogen and oxygen atoms in total. The fraction of sp³-hybridized carbons (Fsp3) is 0.897. The number of allylic oxidation sites excluding steroid dienone is 4. The lowest BCUT2D eigenvalue weighted by molar-refractivity contribution is -0.360. The minimum Gasteiger partial charge on any atom is -0.463 e. The van der Waals surface area contributed by atoms with Gasteiger partial charge in [0.2, 0.25) is 0 Å². The van der Waals surface area contributed by atoms with E-state index < -0.39 is 156 Å². The SMILES string of the molecule is CCCCCCCC/C=C\CCCCCC(=O)OCC(COP(=O)(O)OC1C(OC2OC(CO)C(O)C(O)C2O)C(O)C(O)C(O)C1OC1OC(COC(=O)CCCCCCCCCCCCCC)C(O)C(O)C1O)OC(=O)CCCCC/C=C\CCCCCCCC. The van der Waals surface area contributed by atoms with Crippen molar-refractivity contribution >= 4 is 25.7 Å². The van der Waals surface area contributed by atoms with E-state index in [1.165, 1.54) is 103 Å². The minimum atomic E-state index is -5.70. The van der Waals surface area contributed by atoms with Crippen LogP contribution in [0.15, 0.2) is 24.3 Å². The zero-order valence-corrected chi connectivity index (χ0v) is 57.2. The molecule has 544 valence electrons. The van der Waals surface area contributed by atoms with E-state index in [2.05, 4.69) is 45.1 Å². The molecule has 0 aromatic carbocycles. The first-order valence-electron chi connectivity index (χ1n) is 35.6. The lowest BCUT2D eigenvalue weighted by Gasteiger charge is -2.49. The molecule has 0 aromatic rings. The van der Waals surface area contributed by atoms with E-state index in [9.17, 15) is 74.9 Å². The molecular weight excluding hydrogens is 1230 g/mol. The number of aliphatic hydroxyl groups excluding tert-OH is 10. The maximum atomic E-state index is 14.3. The predicted molar refractivity (Wildman–Crippen MR) is 347 cm³/mol. The first kappa shape index (κ1) is 84.7. The van der Waals surface area contributed by atoms with E-state index >= 15 is 0 Å². The summed E-state index contributed by atoms with van der Waals surface area (Å²) < 4.78 is 64.8. The summed E-state index contributed by atoms with van der Waals surface area (Å²) in [4.78, 5) is 50.8. The summed E-state index contributed by atoms with van der Waals surface area (Å²) in [5.74, 6) is -2.03. The van der Waals surface area contributed by atoms with Gasteiger partial charge in [-0.1, -0.05) is 193 Å². The van der Waals surface area contributed by atoms with E-state index in [4.69, 9.17) is 42.2 Å². The zero-order valence-electron chi connectivity index (χ0n) is 56.3. The zero-order chi connectivity index (χ0) is 68.2. The summed E-state index contributed by atoms with van der Waals surface area (Å²) in [7, 11) is -5.70. The number of rotatable bonds is 54. The van der Waals surface area contributed by atoms with Crippen LogP contribution in [0, 0.1) is 0 Å². The quantitative estimate of drug-likeness (QED) is 0.00892. The Bertz CT molecular complexity index is 2040. The number of ether oxygens (including phenoxy) is 7. The van der Waals surface area contributed by atoms with Crippen molar-refractivity contribution in [2.24, 2.45) is 0 Å². The van der Waals surface area contributed by atoms with Gasteiger partial charge in [0.1, 0.15) is 98.7 Å². The number of hydrogen-bond acceptors (Lipinski definition) is 23. The molecule has 2 aliphatic heterocycles. The van der Waals surface area contributed by atoms with Gasteiger partial charge >= 0.3 is 25.7 Å². The van der Waals surface area contributed by atoms with Crippen molar-refractivity contribution in [3.63, 3.8) is 0 Å². The van der Waals surface area contributed by atoms with Gasteiger partial charge in [-0.05, 0) is 70.6 Å². The lowest BCUT2D eigenvalue weighted by Crippen LogP contribution is -2.69. The molecule has 18 atom stereocenters. The molecule has 1 aliphatic carbocycles. The molecule has 0 bridgehead atoms. The van der Waals surface area contributed by atoms with Crippen LogP contribution in [-0.4, -0.2) is 204 Å². The van der Waals surface area contributed by atoms with E-state index in [0.29, 0.717) is 25.7 Å². The number of esters is 3. The van der Waals surface area contributed by atoms with E-state index in [0.717, 1.165) is 89.9 Å². The molecule has 93 heavy (non-hydrogen) atoms. The summed E-state index contributed by atoms with van der Waals surface area (Å²) in [5, 5.41) is 110. The molecule has 3 aliphatic rings. The van der Waals surface area contributed by atoms with Crippen molar-refractivity contribution in [2.75, 3.05) is 26.4 Å². The number of phosphoric acid groups is 1. The van der Waals surface area contributed by atoms with Crippen molar-refractivity contribution < 1.29 is 117 Å². The molecule has 25 heteroatoms. The number of phosphoric ester groups is 1. The van der Waals surface area contributed by atoms with Crippen molar-refractivity contribution in [1.82, 2.24) is 0 Å². The van der Waals surface area contributed by atoms with Crippen LogP contribution >= 0.6 is 7.82 Å². The number of carbonyl (C=O) groups excluding carboxylic acids is 3. The molecule has 1 saturated carbocycles. The summed E-state index contributed by atoms with van der Waals surface area (Å²) in [6.07, 6.45) is 8.54. The summed E-state index contributed by atoms with van der Waals surface area (Å²) in [6, 6.07) is 0. The van der Waals surface area contributed by atoms with Crippen LogP contribution in [0.1, 0.15) is 258 Å². The van der Waals surface area contributed by atoms with Gasteiger partial charge in [-0.2, -0.15) is 0 Å². The molecule has 11 N–H and O–H groups in total. The Labute approximate surface area is 554 Å². The van der Waals surface area contributed by atoms with Gasteiger partial charge in [-0.3, -0.25) is 23.4 Å². The molecule has 0 spiro atoms. The molecule has 3 rings (SSSR count). The van der Waals surface area contributed by atoms with Crippen LogP contribution in [0.2, 0.25) is 0 Å². The third kappa shape index (κ3) is 34.7. The Morgan fingerprint density at radius 3 is 1.17 bits per heavy atom. The first-order valence-corrected chi connectivity index (χ1v) is 37.1. The fourth-order valence-electron chi connectivity index (χ4n) is 11.6. The third-order valence-corrected chi connectivity index (χ3v) is 18.4. The van der Waals surface area contributed by atoms with E-state index in [-0.39, 0.29) is 19.3 Å². The van der Waals surface area contributed by atoms with Gasteiger partial charge in [0, 0.05) is 19.3 Å². The second kappa shape index (κ2) is 50.7. The van der Waals surface area contributed by atoms with Crippen molar-refractivity contribution in [2.45, 2.75) is 362 Å². The number of aliphatic hydroxyl groups is 10. The van der Waals surface area contributed by atoms with Gasteiger partial charge in [0.25, 0.3) is 0 Å². The Hall–Kier alpha value is -2.56. The lowest BCUT2D eigenvalue weighted by atomic mass is 9.84. The molecule has 0 radical (unpaired) electrons. The topological polar surface area (TPSA) is 374 Å². The smallest absolute Gasteiger partial charge is 0.463 e. The molecule has 18 unspecified atom stereocenters. The van der Waals surface area contributed by atoms with Gasteiger partial charge in [-0.25, -0.2) is 4.57 Å². The Morgan fingerprint density at radius 1 is 0.409 bits per heavy atom. The van der Waals surface area contributed by atoms with Crippen molar-refractivity contribution in [3.8, 4) is 0 Å². The second-order valence-electron chi connectivity index (χ2n) is 25.6. The Kier molecular flexibility index (Phi) is 46.2. The summed E-state index contributed by atoms with van der Waals surface area (Å²) in [5.41, 5.74) is 0. The van der Waals surface area contributed by atoms with Crippen molar-refractivity contribution in [3.05, 3.63) is 24.3 Å². The Morgan fingerprint density at radius 2 is 0.753 bits per heavy atom. The highest BCUT2D eigenvalue weighted by molar-refractivity contribution is 7.47. The van der Waals surface area contributed by atoms with Gasteiger partial charge in [0.15, 0.2) is 18.7 Å². The van der Waals surface area contributed by atoms with Crippen LogP contribution in [0.25, 0.3) is 0 Å². The van der Waals surface area contributed by atoms with Crippen LogP contribution in [0.4, 0.5) is 0 Å². The monoisotopic (exact) mass is 1350 g/mol. The number of hydrogen-bond donors (Lipinski definition) is 11. The molecule has 0 amide bonds. The number of unbranched alkanes of at least 4 members (excludes halogenated alkanes) is 29. The maximum absolute atomic E-state index is 14.3. The van der Waals surface area contributed by atoms with E-state index in [1.807, 2.05) is 0 Å². The summed E-state index contributed by atoms with van der Waals surface area (Å²) >= 11 is 0. The van der Waals surface area contributed by atoms with Crippen LogP contribution in [-0.2, 0) is 61.2 Å². The molecule has 0 aromatic heterocycles. The average molecular weight is 1360 g/mol. The van der Waals surface area contributed by atoms with Gasteiger partial charge in [0.05, 0.1) is 13.2 Å². The fourth-order valence-corrected chi connectivity index (χ4v) is 12.5. The second-order valence-corrected chi connectivity index (χ2v) is 27.0. The van der Waals surface area contributed by atoms with Crippen LogP contribution in [0.5, 0.6) is 0 Å². The third-order valence-electron chi connectivity index (χ3n) is 17.5. The molecule has 2 saturated heterocycles. The highest BCUT2D eigenvalue weighted by Crippen LogP contribution is 2.49. The Balaban J connectivity index is 1.77. The first-order chi connectivity index (χ1) is 44.8. The highest BCUT2D eigenvalue weighted by Gasteiger charge is 2.58. The largest absolute Gasteiger partial charge is 0.472 e. The van der Waals surface area contributed by atoms with Gasteiger partial charge in [-0.15, -0.1) is 0 Å². The molecule has 2 heterocycles. The van der Waals surface area contributed by atoms with Crippen LogP contribution in [0.3, 0.4) is 0 Å². The summed E-state index contributed by atoms with van der Waals surface area (Å²) in [6.45, 7) is 3.36. The predicted octanol–water partition coefficient (Wildman–Crippen LogP) is 8.57. The highest BCUT2D eigenvalue weighted by atomic mass is 31.2. The maximum Gasteiger partial charge on any atom is 0.472 e. The minimum absolute atomic E-state index is 0.0220. The average Bonchev–Trinajstić information content (AvgIpc) is 0.781. The van der Waals surface area contributed by atoms with E-state index in [1.54, 1.807) is 0 Å². The van der Waals surface area contributed by atoms with Crippen molar-refractivity contribution in [1.29, 1.82) is 0 Å². The number of carbonyl (C=O) groups is 3. The molecular formula is C68H123O24P. The van der Waals surface area contributed by atoms with Crippen LogP contribution < -0.4 is 0 Å². The standard InChI is InChI=1S/C68H123O24P/c1-4-7-10-13-16-19-22-25-28-31-33-36-39-42-52(70)84-46-49(87-54(72)44-41-38-35-32-29-26-23-20-17-14-11-8-5-2)47-86-93(82,83)92-66-64(90-67-62(80)57(75)55(73)50(45-69)88-67)60(78)59(77)61(79)65(66)91-68-63(81)58(76)56(74)51(89-68)48-85-53(71)43-40-37-34-30-27-24-21-18-15-12-9-6-3/h25-26,28-29,49-51,55-69,73-81H,4-24,27,30-48H2,1-3H3,(H,82,83)/b28-25-,29-26-. The van der Waals surface area contributed by atoms with Gasteiger partial charge < -0.3 is 89.1 Å². The normalized spacial score (nSPS) is 28.6. The molecule has 3 fully saturated rings.